The first kappa shape index (κ1) is 16.0. The fraction of sp³-hybridized carbons (Fsp3) is 0.429. The summed E-state index contributed by atoms with van der Waals surface area (Å²) in [5.41, 5.74) is -0.478. The molecule has 0 bridgehead atoms. The Balaban J connectivity index is 2.78. The van der Waals surface area contributed by atoms with Crippen LogP contribution in [0.2, 0.25) is 0 Å². The predicted octanol–water partition coefficient (Wildman–Crippen LogP) is 2.01. The zero-order chi connectivity index (χ0) is 15.3. The molecule has 2 amide bonds. The second-order valence-electron chi connectivity index (χ2n) is 5.14. The van der Waals surface area contributed by atoms with Crippen molar-refractivity contribution < 1.29 is 19.8 Å². The van der Waals surface area contributed by atoms with Crippen molar-refractivity contribution in [3.8, 4) is 0 Å². The molecule has 6 nitrogen and oxygen atoms in total. The van der Waals surface area contributed by atoms with Gasteiger partial charge in [-0.3, -0.25) is 0 Å². The van der Waals surface area contributed by atoms with Gasteiger partial charge in [0.2, 0.25) is 0 Å². The number of aliphatic hydroxyl groups is 1. The molecule has 20 heavy (non-hydrogen) atoms. The Morgan fingerprint density at radius 3 is 2.50 bits per heavy atom. The summed E-state index contributed by atoms with van der Waals surface area (Å²) in [4.78, 5) is 24.4. The van der Waals surface area contributed by atoms with Crippen molar-refractivity contribution in [2.24, 2.45) is 0 Å². The van der Waals surface area contributed by atoms with Crippen molar-refractivity contribution in [1.82, 2.24) is 4.90 Å². The van der Waals surface area contributed by atoms with Crippen molar-refractivity contribution in [3.05, 3.63) is 29.8 Å². The standard InChI is InChI=1S/C14H20N2O4/c1-4-16(9-14(2,3)20)13(19)15-11-7-5-6-10(8-11)12(17)18/h5-8,20H,4,9H2,1-3H3,(H,15,19)(H,17,18). The normalized spacial score (nSPS) is 11.0. The molecule has 0 heterocycles. The number of carboxylic acid groups (broad SMARTS) is 1. The molecule has 0 aliphatic heterocycles. The van der Waals surface area contributed by atoms with Crippen LogP contribution in [0.4, 0.5) is 10.5 Å². The lowest BCUT2D eigenvalue weighted by Crippen LogP contribution is -2.44. The van der Waals surface area contributed by atoms with E-state index in [0.717, 1.165) is 0 Å². The Morgan fingerprint density at radius 2 is 2.00 bits per heavy atom. The van der Waals surface area contributed by atoms with E-state index in [4.69, 9.17) is 5.11 Å². The number of likely N-dealkylation sites (N-methyl/N-ethyl adjacent to an activating group) is 1. The molecular weight excluding hydrogens is 260 g/mol. The van der Waals surface area contributed by atoms with E-state index in [1.807, 2.05) is 0 Å². The molecule has 0 fully saturated rings. The van der Waals surface area contributed by atoms with Crippen LogP contribution >= 0.6 is 0 Å². The number of amides is 2. The number of carbonyl (C=O) groups is 2. The van der Waals surface area contributed by atoms with Gasteiger partial charge in [0, 0.05) is 12.2 Å². The lowest BCUT2D eigenvalue weighted by molar-refractivity contribution is 0.0501. The quantitative estimate of drug-likeness (QED) is 0.769. The number of anilines is 1. The summed E-state index contributed by atoms with van der Waals surface area (Å²) in [6, 6.07) is 5.63. The van der Waals surface area contributed by atoms with Gasteiger partial charge in [-0.25, -0.2) is 9.59 Å². The number of hydrogen-bond donors (Lipinski definition) is 3. The minimum atomic E-state index is -1.05. The lowest BCUT2D eigenvalue weighted by atomic mass is 10.1. The maximum Gasteiger partial charge on any atom is 0.335 e. The first-order valence-electron chi connectivity index (χ1n) is 6.34. The molecule has 6 heteroatoms. The Morgan fingerprint density at radius 1 is 1.35 bits per heavy atom. The summed E-state index contributed by atoms with van der Waals surface area (Å²) in [7, 11) is 0. The van der Waals surface area contributed by atoms with Crippen LogP contribution in [0.3, 0.4) is 0 Å². The van der Waals surface area contributed by atoms with Gasteiger partial charge in [0.25, 0.3) is 0 Å². The smallest absolute Gasteiger partial charge is 0.335 e. The zero-order valence-corrected chi connectivity index (χ0v) is 11.9. The van der Waals surface area contributed by atoms with Gasteiger partial charge >= 0.3 is 12.0 Å². The van der Waals surface area contributed by atoms with Gasteiger partial charge in [0.05, 0.1) is 17.7 Å². The third kappa shape index (κ3) is 4.89. The number of carbonyl (C=O) groups excluding carboxylic acids is 1. The van der Waals surface area contributed by atoms with Gasteiger partial charge in [-0.2, -0.15) is 0 Å². The lowest BCUT2D eigenvalue weighted by Gasteiger charge is -2.28. The molecule has 0 radical (unpaired) electrons. The molecule has 0 saturated heterocycles. The van der Waals surface area contributed by atoms with E-state index in [9.17, 15) is 14.7 Å². The second kappa shape index (κ2) is 6.38. The number of carboxylic acids is 1. The Bertz CT molecular complexity index is 494. The van der Waals surface area contributed by atoms with Crippen LogP contribution in [-0.4, -0.2) is 45.8 Å². The van der Waals surface area contributed by atoms with E-state index in [-0.39, 0.29) is 18.1 Å². The number of benzene rings is 1. The van der Waals surface area contributed by atoms with Crippen LogP contribution in [0.1, 0.15) is 31.1 Å². The summed E-state index contributed by atoms with van der Waals surface area (Å²) >= 11 is 0. The molecule has 0 saturated carbocycles. The minimum absolute atomic E-state index is 0.105. The molecular formula is C14H20N2O4. The van der Waals surface area contributed by atoms with Crippen molar-refractivity contribution in [3.63, 3.8) is 0 Å². The van der Waals surface area contributed by atoms with E-state index >= 15 is 0 Å². The average molecular weight is 280 g/mol. The Kier molecular flexibility index (Phi) is 5.10. The number of urea groups is 1. The molecule has 0 spiro atoms. The van der Waals surface area contributed by atoms with E-state index in [0.29, 0.717) is 12.2 Å². The van der Waals surface area contributed by atoms with Crippen LogP contribution in [0.5, 0.6) is 0 Å². The van der Waals surface area contributed by atoms with Gasteiger partial charge in [-0.1, -0.05) is 6.07 Å². The molecule has 110 valence electrons. The summed E-state index contributed by atoms with van der Waals surface area (Å²) in [5.74, 6) is -1.05. The molecule has 0 unspecified atom stereocenters. The summed E-state index contributed by atoms with van der Waals surface area (Å²) < 4.78 is 0. The molecule has 0 aliphatic carbocycles. The molecule has 3 N–H and O–H groups in total. The van der Waals surface area contributed by atoms with Crippen molar-refractivity contribution in [1.29, 1.82) is 0 Å². The molecule has 1 rings (SSSR count). The number of rotatable bonds is 5. The summed E-state index contributed by atoms with van der Waals surface area (Å²) in [5, 5.41) is 21.3. The fourth-order valence-corrected chi connectivity index (χ4v) is 1.73. The van der Waals surface area contributed by atoms with Crippen LogP contribution < -0.4 is 5.32 Å². The van der Waals surface area contributed by atoms with Crippen LogP contribution in [0.15, 0.2) is 24.3 Å². The highest BCUT2D eigenvalue weighted by Gasteiger charge is 2.21. The minimum Gasteiger partial charge on any atom is -0.478 e. The summed E-state index contributed by atoms with van der Waals surface area (Å²) in [6.07, 6.45) is 0. The Hall–Kier alpha value is -2.08. The van der Waals surface area contributed by atoms with Gasteiger partial charge in [-0.15, -0.1) is 0 Å². The highest BCUT2D eigenvalue weighted by molar-refractivity contribution is 5.93. The first-order chi connectivity index (χ1) is 9.23. The molecule has 0 aromatic heterocycles. The number of aromatic carboxylic acids is 1. The van der Waals surface area contributed by atoms with Gasteiger partial charge in [0.1, 0.15) is 0 Å². The monoisotopic (exact) mass is 280 g/mol. The topological polar surface area (TPSA) is 89.9 Å². The largest absolute Gasteiger partial charge is 0.478 e. The van der Waals surface area contributed by atoms with E-state index in [2.05, 4.69) is 5.32 Å². The van der Waals surface area contributed by atoms with Crippen molar-refractivity contribution in [2.45, 2.75) is 26.4 Å². The Labute approximate surface area is 118 Å². The molecule has 0 aliphatic rings. The third-order valence-corrected chi connectivity index (χ3v) is 2.61. The van der Waals surface area contributed by atoms with Crippen molar-refractivity contribution >= 4 is 17.7 Å². The van der Waals surface area contributed by atoms with Crippen LogP contribution in [0.25, 0.3) is 0 Å². The summed E-state index contributed by atoms with van der Waals surface area (Å²) in [6.45, 7) is 5.67. The van der Waals surface area contributed by atoms with Crippen molar-refractivity contribution in [2.75, 3.05) is 18.4 Å². The maximum absolute atomic E-state index is 12.1. The average Bonchev–Trinajstić information content (AvgIpc) is 2.35. The van der Waals surface area contributed by atoms with Gasteiger partial charge < -0.3 is 20.4 Å². The van der Waals surface area contributed by atoms with E-state index < -0.39 is 11.6 Å². The second-order valence-corrected chi connectivity index (χ2v) is 5.14. The van der Waals surface area contributed by atoms with Gasteiger partial charge in [-0.05, 0) is 39.0 Å². The predicted molar refractivity (Wildman–Crippen MR) is 76.0 cm³/mol. The third-order valence-electron chi connectivity index (χ3n) is 2.61. The van der Waals surface area contributed by atoms with E-state index in [1.165, 1.54) is 17.0 Å². The zero-order valence-electron chi connectivity index (χ0n) is 11.9. The molecule has 0 atom stereocenters. The number of nitrogens with one attached hydrogen (secondary N) is 1. The number of nitrogens with zero attached hydrogens (tertiary/aromatic N) is 1. The molecule has 1 aromatic carbocycles. The highest BCUT2D eigenvalue weighted by atomic mass is 16.4. The van der Waals surface area contributed by atoms with E-state index in [1.54, 1.807) is 32.9 Å². The SMILES string of the molecule is CCN(CC(C)(C)O)C(=O)Nc1cccc(C(=O)O)c1. The highest BCUT2D eigenvalue weighted by Crippen LogP contribution is 2.12. The van der Waals surface area contributed by atoms with Gasteiger partial charge in [0.15, 0.2) is 0 Å². The maximum atomic E-state index is 12.1. The van der Waals surface area contributed by atoms with Crippen LogP contribution in [0, 0.1) is 0 Å². The molecule has 1 aromatic rings. The van der Waals surface area contributed by atoms with Crippen LogP contribution in [-0.2, 0) is 0 Å². The number of hydrogen-bond acceptors (Lipinski definition) is 3. The fourth-order valence-electron chi connectivity index (χ4n) is 1.73. The first-order valence-corrected chi connectivity index (χ1v) is 6.34.